The summed E-state index contributed by atoms with van der Waals surface area (Å²) in [5.74, 6) is -0.780. The molecule has 0 spiro atoms. The standard InChI is InChI=1S/C22H18N2O4/c1-14(21(25)24-18-9-5-6-15(10-18)13-23)28-22(26)19-11-16-7-3-4-8-17(16)12-20(19)27-2/h3-12,14H,1-2H3,(H,24,25)/t14-/m1/s1. The molecule has 0 saturated carbocycles. The fourth-order valence-electron chi connectivity index (χ4n) is 2.74. The van der Waals surface area contributed by atoms with Crippen LogP contribution >= 0.6 is 0 Å². The fourth-order valence-corrected chi connectivity index (χ4v) is 2.74. The number of amides is 1. The molecule has 0 bridgehead atoms. The van der Waals surface area contributed by atoms with Crippen LogP contribution in [0.1, 0.15) is 22.8 Å². The number of ether oxygens (including phenoxy) is 2. The van der Waals surface area contributed by atoms with E-state index in [0.29, 0.717) is 17.0 Å². The van der Waals surface area contributed by atoms with E-state index in [1.54, 1.807) is 36.4 Å². The van der Waals surface area contributed by atoms with Gasteiger partial charge in [-0.25, -0.2) is 4.79 Å². The number of anilines is 1. The molecule has 6 heteroatoms. The van der Waals surface area contributed by atoms with Crippen LogP contribution in [0.5, 0.6) is 5.75 Å². The van der Waals surface area contributed by atoms with Crippen LogP contribution in [0, 0.1) is 11.3 Å². The predicted molar refractivity (Wildman–Crippen MR) is 105 cm³/mol. The second kappa shape index (κ2) is 8.23. The second-order valence-electron chi connectivity index (χ2n) is 6.13. The van der Waals surface area contributed by atoms with Gasteiger partial charge in [-0.15, -0.1) is 0 Å². The number of rotatable bonds is 5. The van der Waals surface area contributed by atoms with E-state index in [1.165, 1.54) is 14.0 Å². The maximum absolute atomic E-state index is 12.6. The zero-order chi connectivity index (χ0) is 20.1. The molecule has 3 aromatic rings. The minimum absolute atomic E-state index is 0.243. The Labute approximate surface area is 162 Å². The maximum Gasteiger partial charge on any atom is 0.342 e. The lowest BCUT2D eigenvalue weighted by Gasteiger charge is -2.15. The normalized spacial score (nSPS) is 11.3. The first-order valence-corrected chi connectivity index (χ1v) is 8.60. The van der Waals surface area contributed by atoms with Gasteiger partial charge >= 0.3 is 5.97 Å². The number of esters is 1. The predicted octanol–water partition coefficient (Wildman–Crippen LogP) is 3.90. The summed E-state index contributed by atoms with van der Waals surface area (Å²) in [5, 5.41) is 13.4. The molecule has 0 heterocycles. The van der Waals surface area contributed by atoms with Crippen LogP contribution in [0.4, 0.5) is 5.69 Å². The maximum atomic E-state index is 12.6. The summed E-state index contributed by atoms with van der Waals surface area (Å²) in [5.41, 5.74) is 1.12. The molecule has 0 aromatic heterocycles. The average molecular weight is 374 g/mol. The van der Waals surface area contributed by atoms with Crippen molar-refractivity contribution in [3.05, 3.63) is 71.8 Å². The van der Waals surface area contributed by atoms with Crippen molar-refractivity contribution < 1.29 is 19.1 Å². The van der Waals surface area contributed by atoms with Gasteiger partial charge in [0.05, 0.1) is 18.7 Å². The molecule has 6 nitrogen and oxygen atoms in total. The zero-order valence-corrected chi connectivity index (χ0v) is 15.4. The summed E-state index contributed by atoms with van der Waals surface area (Å²) >= 11 is 0. The van der Waals surface area contributed by atoms with E-state index in [0.717, 1.165) is 10.8 Å². The molecule has 0 aliphatic rings. The van der Waals surface area contributed by atoms with Gasteiger partial charge in [0, 0.05) is 5.69 Å². The second-order valence-corrected chi connectivity index (χ2v) is 6.13. The minimum atomic E-state index is -1.03. The number of hydrogen-bond donors (Lipinski definition) is 1. The molecule has 0 aliphatic heterocycles. The first-order valence-electron chi connectivity index (χ1n) is 8.60. The van der Waals surface area contributed by atoms with Gasteiger partial charge in [0.25, 0.3) is 5.91 Å². The van der Waals surface area contributed by atoms with Crippen LogP contribution in [0.15, 0.2) is 60.7 Å². The quantitative estimate of drug-likeness (QED) is 0.684. The Kier molecular flexibility index (Phi) is 5.56. The number of fused-ring (bicyclic) bond motifs is 1. The Hall–Kier alpha value is -3.85. The summed E-state index contributed by atoms with van der Waals surface area (Å²) in [4.78, 5) is 25.0. The summed E-state index contributed by atoms with van der Waals surface area (Å²) in [7, 11) is 1.47. The zero-order valence-electron chi connectivity index (χ0n) is 15.4. The topological polar surface area (TPSA) is 88.4 Å². The van der Waals surface area contributed by atoms with E-state index >= 15 is 0 Å². The first kappa shape index (κ1) is 18.9. The van der Waals surface area contributed by atoms with E-state index in [1.807, 2.05) is 30.3 Å². The third kappa shape index (κ3) is 4.10. The summed E-state index contributed by atoms with van der Waals surface area (Å²) in [6.45, 7) is 1.48. The number of nitrogens with one attached hydrogen (secondary N) is 1. The van der Waals surface area contributed by atoms with E-state index in [4.69, 9.17) is 14.7 Å². The average Bonchev–Trinajstić information content (AvgIpc) is 2.72. The molecule has 0 unspecified atom stereocenters. The lowest BCUT2D eigenvalue weighted by atomic mass is 10.1. The van der Waals surface area contributed by atoms with E-state index < -0.39 is 18.0 Å². The number of methoxy groups -OCH3 is 1. The molecule has 140 valence electrons. The minimum Gasteiger partial charge on any atom is -0.496 e. The van der Waals surface area contributed by atoms with Gasteiger partial charge in [0.1, 0.15) is 11.3 Å². The van der Waals surface area contributed by atoms with Gasteiger partial charge < -0.3 is 14.8 Å². The Morgan fingerprint density at radius 2 is 1.75 bits per heavy atom. The van der Waals surface area contributed by atoms with Crippen molar-refractivity contribution >= 4 is 28.3 Å². The van der Waals surface area contributed by atoms with Crippen molar-refractivity contribution in [2.45, 2.75) is 13.0 Å². The smallest absolute Gasteiger partial charge is 0.342 e. The molecule has 1 atom stereocenters. The van der Waals surface area contributed by atoms with Crippen molar-refractivity contribution in [1.82, 2.24) is 0 Å². The number of benzene rings is 3. The third-order valence-electron chi connectivity index (χ3n) is 4.20. The van der Waals surface area contributed by atoms with Gasteiger partial charge in [0.2, 0.25) is 0 Å². The monoisotopic (exact) mass is 374 g/mol. The van der Waals surface area contributed by atoms with Crippen molar-refractivity contribution in [2.75, 3.05) is 12.4 Å². The van der Waals surface area contributed by atoms with Crippen LogP contribution in [0.3, 0.4) is 0 Å². The lowest BCUT2D eigenvalue weighted by Crippen LogP contribution is -2.30. The first-order chi connectivity index (χ1) is 13.5. The van der Waals surface area contributed by atoms with Gasteiger partial charge in [-0.2, -0.15) is 5.26 Å². The van der Waals surface area contributed by atoms with Crippen LogP contribution in [-0.2, 0) is 9.53 Å². The Morgan fingerprint density at radius 1 is 1.04 bits per heavy atom. The van der Waals surface area contributed by atoms with Gasteiger partial charge in [-0.1, -0.05) is 30.3 Å². The number of carbonyl (C=O) groups excluding carboxylic acids is 2. The summed E-state index contributed by atoms with van der Waals surface area (Å²) < 4.78 is 10.6. The van der Waals surface area contributed by atoms with Crippen molar-refractivity contribution in [3.63, 3.8) is 0 Å². The van der Waals surface area contributed by atoms with Crippen LogP contribution < -0.4 is 10.1 Å². The molecule has 3 aromatic carbocycles. The molecular weight excluding hydrogens is 356 g/mol. The van der Waals surface area contributed by atoms with Crippen LogP contribution in [-0.4, -0.2) is 25.1 Å². The highest BCUT2D eigenvalue weighted by atomic mass is 16.5. The summed E-state index contributed by atoms with van der Waals surface area (Å²) in [6.07, 6.45) is -1.03. The lowest BCUT2D eigenvalue weighted by molar-refractivity contribution is -0.123. The number of carbonyl (C=O) groups is 2. The van der Waals surface area contributed by atoms with E-state index in [9.17, 15) is 9.59 Å². The van der Waals surface area contributed by atoms with Crippen molar-refractivity contribution in [1.29, 1.82) is 5.26 Å². The third-order valence-corrected chi connectivity index (χ3v) is 4.20. The Bertz CT molecular complexity index is 1090. The largest absolute Gasteiger partial charge is 0.496 e. The number of nitrogens with zero attached hydrogens (tertiary/aromatic N) is 1. The molecule has 1 amide bonds. The number of hydrogen-bond acceptors (Lipinski definition) is 5. The molecule has 0 saturated heterocycles. The van der Waals surface area contributed by atoms with E-state index in [-0.39, 0.29) is 5.56 Å². The molecule has 0 aliphatic carbocycles. The molecular formula is C22H18N2O4. The highest BCUT2D eigenvalue weighted by Gasteiger charge is 2.22. The van der Waals surface area contributed by atoms with E-state index in [2.05, 4.69) is 5.32 Å². The molecule has 0 fully saturated rings. The molecule has 3 rings (SSSR count). The number of nitriles is 1. The van der Waals surface area contributed by atoms with Gasteiger partial charge in [-0.05, 0) is 48.0 Å². The van der Waals surface area contributed by atoms with Crippen molar-refractivity contribution in [3.8, 4) is 11.8 Å². The van der Waals surface area contributed by atoms with Gasteiger partial charge in [0.15, 0.2) is 6.10 Å². The Balaban J connectivity index is 1.75. The van der Waals surface area contributed by atoms with Gasteiger partial charge in [-0.3, -0.25) is 4.79 Å². The SMILES string of the molecule is COc1cc2ccccc2cc1C(=O)O[C@H](C)C(=O)Nc1cccc(C#N)c1. The molecule has 1 N–H and O–H groups in total. The van der Waals surface area contributed by atoms with Crippen LogP contribution in [0.2, 0.25) is 0 Å². The van der Waals surface area contributed by atoms with Crippen molar-refractivity contribution in [2.24, 2.45) is 0 Å². The highest BCUT2D eigenvalue weighted by Crippen LogP contribution is 2.27. The summed E-state index contributed by atoms with van der Waals surface area (Å²) in [6, 6.07) is 19.5. The Morgan fingerprint density at radius 3 is 2.43 bits per heavy atom. The molecule has 28 heavy (non-hydrogen) atoms. The fraction of sp³-hybridized carbons (Fsp3) is 0.136. The van der Waals surface area contributed by atoms with Crippen LogP contribution in [0.25, 0.3) is 10.8 Å². The highest BCUT2D eigenvalue weighted by molar-refractivity contribution is 6.01. The molecule has 0 radical (unpaired) electrons.